The molecule has 1 aromatic rings. The van der Waals surface area contributed by atoms with Crippen LogP contribution in [-0.2, 0) is 9.53 Å². The van der Waals surface area contributed by atoms with E-state index in [-0.39, 0.29) is 17.3 Å². The first kappa shape index (κ1) is 17.9. The van der Waals surface area contributed by atoms with Crippen molar-refractivity contribution >= 4 is 23.6 Å². The van der Waals surface area contributed by atoms with E-state index in [2.05, 4.69) is 10.0 Å². The first-order chi connectivity index (χ1) is 10.5. The molecule has 9 heteroatoms. The molecule has 0 aliphatic heterocycles. The lowest BCUT2D eigenvalue weighted by atomic mass is 10.2. The largest absolute Gasteiger partial charge is 0.465 e. The number of carbonyl (C=O) groups excluding carboxylic acids is 2. The van der Waals surface area contributed by atoms with Gasteiger partial charge < -0.3 is 4.74 Å². The normalized spacial score (nSPS) is 9.95. The summed E-state index contributed by atoms with van der Waals surface area (Å²) in [6.07, 6.45) is 1.60. The van der Waals surface area contributed by atoms with Gasteiger partial charge in [0.1, 0.15) is 11.6 Å². The molecule has 0 saturated heterocycles. The van der Waals surface area contributed by atoms with E-state index >= 15 is 0 Å². The van der Waals surface area contributed by atoms with Crippen molar-refractivity contribution in [2.45, 2.75) is 24.7 Å². The van der Waals surface area contributed by atoms with Crippen LogP contribution in [0, 0.1) is 11.6 Å². The van der Waals surface area contributed by atoms with Gasteiger partial charge in [0.05, 0.1) is 17.9 Å². The molecule has 0 radical (unpaired) electrons. The highest BCUT2D eigenvalue weighted by molar-refractivity contribution is 8.00. The molecule has 0 aromatic heterocycles. The van der Waals surface area contributed by atoms with Gasteiger partial charge in [0.15, 0.2) is 0 Å². The standard InChI is InChI=1S/C13H13F2N3O3S/c1-2-3-4-21-12(19)7-22-11-5-8(13(20)17-18-16)9(14)6-10(11)15/h5-6H,2-4,7H2,1H3. The van der Waals surface area contributed by atoms with Gasteiger partial charge >= 0.3 is 5.97 Å². The van der Waals surface area contributed by atoms with E-state index in [9.17, 15) is 18.4 Å². The molecule has 0 bridgehead atoms. The SMILES string of the molecule is CCCCOC(=O)CSc1cc(C(=O)N=[N+]=[N-])c(F)cc1F. The van der Waals surface area contributed by atoms with Crippen molar-refractivity contribution in [3.05, 3.63) is 39.8 Å². The summed E-state index contributed by atoms with van der Waals surface area (Å²) in [5, 5.41) is 2.75. The number of rotatable bonds is 7. The van der Waals surface area contributed by atoms with Crippen molar-refractivity contribution < 1.29 is 23.1 Å². The van der Waals surface area contributed by atoms with Crippen LogP contribution in [0.15, 0.2) is 22.1 Å². The van der Waals surface area contributed by atoms with Gasteiger partial charge in [-0.05, 0) is 23.1 Å². The number of hydrogen-bond acceptors (Lipinski definition) is 4. The summed E-state index contributed by atoms with van der Waals surface area (Å²) in [7, 11) is 0. The second kappa shape index (κ2) is 9.01. The molecule has 0 unspecified atom stereocenters. The second-order valence-electron chi connectivity index (χ2n) is 4.12. The summed E-state index contributed by atoms with van der Waals surface area (Å²) in [4.78, 5) is 24.9. The Morgan fingerprint density at radius 3 is 2.73 bits per heavy atom. The molecule has 0 saturated carbocycles. The fourth-order valence-corrected chi connectivity index (χ4v) is 2.16. The molecule has 0 aliphatic carbocycles. The average molecular weight is 329 g/mol. The van der Waals surface area contributed by atoms with Gasteiger partial charge in [-0.15, -0.1) is 11.8 Å². The van der Waals surface area contributed by atoms with Crippen LogP contribution >= 0.6 is 11.8 Å². The molecule has 6 nitrogen and oxygen atoms in total. The first-order valence-electron chi connectivity index (χ1n) is 6.36. The summed E-state index contributed by atoms with van der Waals surface area (Å²) in [6.45, 7) is 2.22. The lowest BCUT2D eigenvalue weighted by molar-refractivity contribution is -0.140. The fraction of sp³-hybridized carbons (Fsp3) is 0.385. The number of unbranched alkanes of at least 4 members (excludes halogenated alkanes) is 1. The van der Waals surface area contributed by atoms with E-state index in [0.717, 1.165) is 30.7 Å². The Labute approximate surface area is 129 Å². The van der Waals surface area contributed by atoms with Gasteiger partial charge in [-0.2, -0.15) is 0 Å². The van der Waals surface area contributed by atoms with E-state index in [1.54, 1.807) is 0 Å². The van der Waals surface area contributed by atoms with Crippen LogP contribution < -0.4 is 0 Å². The number of thioether (sulfide) groups is 1. The number of amides is 1. The van der Waals surface area contributed by atoms with Crippen LogP contribution in [0.1, 0.15) is 30.1 Å². The predicted octanol–water partition coefficient (Wildman–Crippen LogP) is 3.85. The minimum absolute atomic E-state index is 0.106. The Bertz CT molecular complexity index is 619. The number of azide groups is 1. The molecule has 0 aliphatic rings. The molecule has 0 N–H and O–H groups in total. The Morgan fingerprint density at radius 2 is 2.09 bits per heavy atom. The van der Waals surface area contributed by atoms with E-state index in [1.807, 2.05) is 6.92 Å². The van der Waals surface area contributed by atoms with Gasteiger partial charge in [0.2, 0.25) is 0 Å². The third-order valence-electron chi connectivity index (χ3n) is 2.49. The van der Waals surface area contributed by atoms with Crippen molar-refractivity contribution in [3.63, 3.8) is 0 Å². The van der Waals surface area contributed by atoms with Crippen LogP contribution in [0.3, 0.4) is 0 Å². The molecule has 22 heavy (non-hydrogen) atoms. The summed E-state index contributed by atoms with van der Waals surface area (Å²) in [5.41, 5.74) is 7.61. The Hall–Kier alpha value is -2.12. The number of benzene rings is 1. The quantitative estimate of drug-likeness (QED) is 0.190. The highest BCUT2D eigenvalue weighted by Gasteiger charge is 2.16. The van der Waals surface area contributed by atoms with Crippen LogP contribution in [0.2, 0.25) is 0 Å². The number of hydrogen-bond donors (Lipinski definition) is 0. The Balaban J connectivity index is 2.78. The van der Waals surface area contributed by atoms with Crippen molar-refractivity contribution in [2.75, 3.05) is 12.4 Å². The molecule has 0 fully saturated rings. The van der Waals surface area contributed by atoms with E-state index in [4.69, 9.17) is 10.3 Å². The molecule has 1 aromatic carbocycles. The number of esters is 1. The highest BCUT2D eigenvalue weighted by atomic mass is 32.2. The lowest BCUT2D eigenvalue weighted by Crippen LogP contribution is -2.09. The van der Waals surface area contributed by atoms with Gasteiger partial charge in [0.25, 0.3) is 5.91 Å². The van der Waals surface area contributed by atoms with E-state index in [1.165, 1.54) is 0 Å². The minimum atomic E-state index is -1.16. The van der Waals surface area contributed by atoms with Crippen LogP contribution in [0.5, 0.6) is 0 Å². The first-order valence-corrected chi connectivity index (χ1v) is 7.35. The molecule has 0 atom stereocenters. The van der Waals surface area contributed by atoms with Gasteiger partial charge in [-0.25, -0.2) is 8.78 Å². The number of nitrogens with zero attached hydrogens (tertiary/aromatic N) is 3. The van der Waals surface area contributed by atoms with Gasteiger partial charge in [-0.3, -0.25) is 9.59 Å². The summed E-state index contributed by atoms with van der Waals surface area (Å²) < 4.78 is 32.0. The summed E-state index contributed by atoms with van der Waals surface area (Å²) >= 11 is 0.768. The van der Waals surface area contributed by atoms with E-state index < -0.39 is 29.1 Å². The topological polar surface area (TPSA) is 92.1 Å². The summed E-state index contributed by atoms with van der Waals surface area (Å²) in [6, 6.07) is 1.41. The van der Waals surface area contributed by atoms with Crippen LogP contribution in [-0.4, -0.2) is 24.2 Å². The van der Waals surface area contributed by atoms with Crippen molar-refractivity contribution in [1.29, 1.82) is 0 Å². The number of ether oxygens (including phenoxy) is 1. The number of carbonyl (C=O) groups is 2. The third-order valence-corrected chi connectivity index (χ3v) is 3.50. The van der Waals surface area contributed by atoms with Crippen molar-refractivity contribution in [2.24, 2.45) is 5.11 Å². The maximum absolute atomic E-state index is 13.6. The van der Waals surface area contributed by atoms with E-state index in [0.29, 0.717) is 6.07 Å². The monoisotopic (exact) mass is 329 g/mol. The van der Waals surface area contributed by atoms with Crippen molar-refractivity contribution in [3.8, 4) is 0 Å². The predicted molar refractivity (Wildman–Crippen MR) is 76.4 cm³/mol. The van der Waals surface area contributed by atoms with Crippen molar-refractivity contribution in [1.82, 2.24) is 0 Å². The average Bonchev–Trinajstić information content (AvgIpc) is 2.46. The fourth-order valence-electron chi connectivity index (χ4n) is 1.41. The molecule has 118 valence electrons. The molecule has 0 heterocycles. The third kappa shape index (κ3) is 5.34. The van der Waals surface area contributed by atoms with Crippen LogP contribution in [0.25, 0.3) is 10.4 Å². The number of halogens is 2. The maximum atomic E-state index is 13.6. The lowest BCUT2D eigenvalue weighted by Gasteiger charge is -2.06. The van der Waals surface area contributed by atoms with Gasteiger partial charge in [0, 0.05) is 15.9 Å². The summed E-state index contributed by atoms with van der Waals surface area (Å²) in [5.74, 6) is -3.93. The minimum Gasteiger partial charge on any atom is -0.465 e. The molecular weight excluding hydrogens is 316 g/mol. The molecule has 1 rings (SSSR count). The Morgan fingerprint density at radius 1 is 1.36 bits per heavy atom. The highest BCUT2D eigenvalue weighted by Crippen LogP contribution is 2.25. The molecule has 1 amide bonds. The zero-order chi connectivity index (χ0) is 16.5. The van der Waals surface area contributed by atoms with Gasteiger partial charge in [-0.1, -0.05) is 13.3 Å². The smallest absolute Gasteiger partial charge is 0.316 e. The Kier molecular flexibility index (Phi) is 7.34. The zero-order valence-corrected chi connectivity index (χ0v) is 12.5. The molecule has 0 spiro atoms. The molecular formula is C13H13F2N3O3S. The zero-order valence-electron chi connectivity index (χ0n) is 11.7. The maximum Gasteiger partial charge on any atom is 0.316 e. The van der Waals surface area contributed by atoms with Crippen LogP contribution in [0.4, 0.5) is 8.78 Å². The second-order valence-corrected chi connectivity index (χ2v) is 5.14.